The molecule has 0 aliphatic rings. The SMILES string of the molecule is CC(c1ccccc1)C(Cl)c1csc2c(Br)cccc12. The zero-order valence-electron chi connectivity index (χ0n) is 11.0. The van der Waals surface area contributed by atoms with Gasteiger partial charge in [0, 0.05) is 15.1 Å². The van der Waals surface area contributed by atoms with Crippen LogP contribution < -0.4 is 0 Å². The van der Waals surface area contributed by atoms with Gasteiger partial charge in [-0.3, -0.25) is 0 Å². The van der Waals surface area contributed by atoms with Crippen LogP contribution in [0.3, 0.4) is 0 Å². The van der Waals surface area contributed by atoms with Crippen molar-refractivity contribution in [3.8, 4) is 0 Å². The minimum Gasteiger partial charge on any atom is -0.142 e. The summed E-state index contributed by atoms with van der Waals surface area (Å²) in [6.45, 7) is 2.19. The van der Waals surface area contributed by atoms with Gasteiger partial charge in [-0.05, 0) is 43.9 Å². The molecule has 0 spiro atoms. The fraction of sp³-hybridized carbons (Fsp3) is 0.176. The van der Waals surface area contributed by atoms with Crippen molar-refractivity contribution in [2.24, 2.45) is 0 Å². The lowest BCUT2D eigenvalue weighted by molar-refractivity contribution is 0.738. The van der Waals surface area contributed by atoms with Crippen LogP contribution >= 0.6 is 38.9 Å². The largest absolute Gasteiger partial charge is 0.142 e. The molecule has 2 aromatic carbocycles. The van der Waals surface area contributed by atoms with Crippen LogP contribution in [0.5, 0.6) is 0 Å². The molecular weight excluding hydrogens is 352 g/mol. The molecule has 3 rings (SSSR count). The van der Waals surface area contributed by atoms with Crippen molar-refractivity contribution in [3.63, 3.8) is 0 Å². The summed E-state index contributed by atoms with van der Waals surface area (Å²) in [5.41, 5.74) is 2.51. The first-order chi connectivity index (χ1) is 9.68. The zero-order chi connectivity index (χ0) is 14.1. The van der Waals surface area contributed by atoms with Crippen molar-refractivity contribution < 1.29 is 0 Å². The number of thiophene rings is 1. The van der Waals surface area contributed by atoms with Gasteiger partial charge in [0.1, 0.15) is 0 Å². The Morgan fingerprint density at radius 1 is 1.05 bits per heavy atom. The topological polar surface area (TPSA) is 0 Å². The molecule has 0 amide bonds. The molecule has 0 aliphatic heterocycles. The molecule has 0 saturated carbocycles. The number of halogens is 2. The maximum Gasteiger partial charge on any atom is 0.0665 e. The summed E-state index contributed by atoms with van der Waals surface area (Å²) in [4.78, 5) is 0. The molecule has 0 nitrogen and oxygen atoms in total. The van der Waals surface area contributed by atoms with Gasteiger partial charge in [0.25, 0.3) is 0 Å². The molecule has 2 atom stereocenters. The van der Waals surface area contributed by atoms with E-state index < -0.39 is 0 Å². The highest BCUT2D eigenvalue weighted by atomic mass is 79.9. The smallest absolute Gasteiger partial charge is 0.0665 e. The highest BCUT2D eigenvalue weighted by molar-refractivity contribution is 9.10. The fourth-order valence-corrected chi connectivity index (χ4v) is 4.51. The minimum atomic E-state index is -0.0135. The first kappa shape index (κ1) is 14.1. The van der Waals surface area contributed by atoms with E-state index in [0.717, 1.165) is 4.47 Å². The van der Waals surface area contributed by atoms with Gasteiger partial charge in [0.05, 0.1) is 5.38 Å². The Morgan fingerprint density at radius 2 is 1.80 bits per heavy atom. The quantitative estimate of drug-likeness (QED) is 0.450. The molecule has 1 heterocycles. The van der Waals surface area contributed by atoms with E-state index in [4.69, 9.17) is 11.6 Å². The Labute approximate surface area is 136 Å². The number of hydrogen-bond acceptors (Lipinski definition) is 1. The standard InChI is InChI=1S/C17H14BrClS/c1-11(12-6-3-2-4-7-12)16(19)14-10-20-17-13(14)8-5-9-15(17)18/h2-11,16H,1H3. The Kier molecular flexibility index (Phi) is 4.16. The second-order valence-corrected chi connectivity index (χ2v) is 7.11. The van der Waals surface area contributed by atoms with Crippen LogP contribution in [0.1, 0.15) is 29.3 Å². The molecule has 0 saturated heterocycles. The van der Waals surface area contributed by atoms with Crippen LogP contribution in [-0.2, 0) is 0 Å². The Hall–Kier alpha value is -0.830. The summed E-state index contributed by atoms with van der Waals surface area (Å²) in [7, 11) is 0. The summed E-state index contributed by atoms with van der Waals surface area (Å²) in [5.74, 6) is 0.287. The van der Waals surface area contributed by atoms with E-state index in [2.05, 4.69) is 70.7 Å². The van der Waals surface area contributed by atoms with Gasteiger partial charge in [-0.1, -0.05) is 49.4 Å². The van der Waals surface area contributed by atoms with Crippen molar-refractivity contribution in [2.45, 2.75) is 18.2 Å². The van der Waals surface area contributed by atoms with Crippen LogP contribution in [0.15, 0.2) is 58.4 Å². The second kappa shape index (κ2) is 5.88. The fourth-order valence-electron chi connectivity index (χ4n) is 2.45. The van der Waals surface area contributed by atoms with Crippen LogP contribution in [-0.4, -0.2) is 0 Å². The van der Waals surface area contributed by atoms with Gasteiger partial charge in [0.15, 0.2) is 0 Å². The lowest BCUT2D eigenvalue weighted by Crippen LogP contribution is -2.01. The van der Waals surface area contributed by atoms with Crippen LogP contribution in [0.4, 0.5) is 0 Å². The van der Waals surface area contributed by atoms with Crippen molar-refractivity contribution in [2.75, 3.05) is 0 Å². The molecule has 20 heavy (non-hydrogen) atoms. The van der Waals surface area contributed by atoms with Crippen molar-refractivity contribution in [1.82, 2.24) is 0 Å². The lowest BCUT2D eigenvalue weighted by atomic mass is 9.93. The first-order valence-corrected chi connectivity index (χ1v) is 8.64. The second-order valence-electron chi connectivity index (χ2n) is 4.91. The van der Waals surface area contributed by atoms with Crippen molar-refractivity contribution in [3.05, 3.63) is 69.5 Å². The minimum absolute atomic E-state index is 0.0135. The van der Waals surface area contributed by atoms with E-state index in [0.29, 0.717) is 0 Å². The third-order valence-electron chi connectivity index (χ3n) is 3.64. The van der Waals surface area contributed by atoms with Gasteiger partial charge < -0.3 is 0 Å². The molecule has 3 aromatic rings. The van der Waals surface area contributed by atoms with E-state index in [-0.39, 0.29) is 11.3 Å². The van der Waals surface area contributed by atoms with Crippen LogP contribution in [0.25, 0.3) is 10.1 Å². The van der Waals surface area contributed by atoms with Crippen molar-refractivity contribution in [1.29, 1.82) is 0 Å². The molecule has 3 heteroatoms. The van der Waals surface area contributed by atoms with E-state index in [1.54, 1.807) is 11.3 Å². The lowest BCUT2D eigenvalue weighted by Gasteiger charge is -2.18. The summed E-state index contributed by atoms with van der Waals surface area (Å²) in [5, 5.41) is 3.43. The Balaban J connectivity index is 2.01. The van der Waals surface area contributed by atoms with Gasteiger partial charge >= 0.3 is 0 Å². The molecule has 102 valence electrons. The van der Waals surface area contributed by atoms with E-state index in [1.807, 2.05) is 6.07 Å². The predicted molar refractivity (Wildman–Crippen MR) is 93.0 cm³/mol. The number of benzene rings is 2. The normalized spacial score (nSPS) is 14.3. The highest BCUT2D eigenvalue weighted by Crippen LogP contribution is 2.43. The predicted octanol–water partition coefficient (Wildman–Crippen LogP) is 6.75. The molecule has 0 aliphatic carbocycles. The number of hydrogen-bond donors (Lipinski definition) is 0. The molecule has 1 aromatic heterocycles. The van der Waals surface area contributed by atoms with Crippen LogP contribution in [0.2, 0.25) is 0 Å². The first-order valence-electron chi connectivity index (χ1n) is 6.53. The molecule has 0 radical (unpaired) electrons. The molecule has 0 N–H and O–H groups in total. The monoisotopic (exact) mass is 364 g/mol. The van der Waals surface area contributed by atoms with Gasteiger partial charge in [-0.25, -0.2) is 0 Å². The van der Waals surface area contributed by atoms with Gasteiger partial charge in [-0.2, -0.15) is 0 Å². The summed E-state index contributed by atoms with van der Waals surface area (Å²) >= 11 is 12.1. The third-order valence-corrected chi connectivity index (χ3v) is 6.23. The van der Waals surface area contributed by atoms with Gasteiger partial charge in [-0.15, -0.1) is 22.9 Å². The average molecular weight is 366 g/mol. The molecular formula is C17H14BrClS. The Bertz CT molecular complexity index is 720. The van der Waals surface area contributed by atoms with E-state index in [1.165, 1.54) is 21.2 Å². The van der Waals surface area contributed by atoms with E-state index in [9.17, 15) is 0 Å². The number of fused-ring (bicyclic) bond motifs is 1. The summed E-state index contributed by atoms with van der Waals surface area (Å²) < 4.78 is 2.41. The maximum absolute atomic E-state index is 6.76. The highest BCUT2D eigenvalue weighted by Gasteiger charge is 2.21. The number of rotatable bonds is 3. The van der Waals surface area contributed by atoms with Gasteiger partial charge in [0.2, 0.25) is 0 Å². The number of alkyl halides is 1. The average Bonchev–Trinajstić information content (AvgIpc) is 2.92. The van der Waals surface area contributed by atoms with E-state index >= 15 is 0 Å². The molecule has 2 unspecified atom stereocenters. The van der Waals surface area contributed by atoms with Crippen LogP contribution in [0, 0.1) is 0 Å². The zero-order valence-corrected chi connectivity index (χ0v) is 14.2. The maximum atomic E-state index is 6.76. The third kappa shape index (κ3) is 2.52. The Morgan fingerprint density at radius 3 is 2.55 bits per heavy atom. The summed E-state index contributed by atoms with van der Waals surface area (Å²) in [6, 6.07) is 16.8. The molecule has 0 fully saturated rings. The van der Waals surface area contributed by atoms with Crippen molar-refractivity contribution >= 4 is 49.0 Å². The summed E-state index contributed by atoms with van der Waals surface area (Å²) in [6.07, 6.45) is 0. The molecule has 0 bridgehead atoms.